The van der Waals surface area contributed by atoms with Gasteiger partial charge >= 0.3 is 0 Å². The Morgan fingerprint density at radius 1 is 1.24 bits per heavy atom. The Labute approximate surface area is 124 Å². The van der Waals surface area contributed by atoms with Crippen molar-refractivity contribution in [2.45, 2.75) is 18.9 Å². The van der Waals surface area contributed by atoms with E-state index in [1.807, 2.05) is 28.9 Å². The van der Waals surface area contributed by atoms with Gasteiger partial charge < -0.3 is 13.9 Å². The Morgan fingerprint density at radius 3 is 2.86 bits per heavy atom. The summed E-state index contributed by atoms with van der Waals surface area (Å²) in [6.45, 7) is 5.02. The first kappa shape index (κ1) is 13.1. The summed E-state index contributed by atoms with van der Waals surface area (Å²) in [6, 6.07) is 4.69. The molecule has 0 radical (unpaired) electrons. The SMILES string of the molecule is c1cn2ccc(OCC3CCN(C4COC4)CC3)cc2n1. The molecule has 4 rings (SSSR count). The second kappa shape index (κ2) is 5.66. The normalized spacial score (nSPS) is 21.5. The predicted octanol–water partition coefficient (Wildman–Crippen LogP) is 1.82. The van der Waals surface area contributed by atoms with Crippen LogP contribution in [0.25, 0.3) is 5.65 Å². The van der Waals surface area contributed by atoms with Crippen LogP contribution in [0.5, 0.6) is 5.75 Å². The van der Waals surface area contributed by atoms with Crippen LogP contribution in [0, 0.1) is 5.92 Å². The summed E-state index contributed by atoms with van der Waals surface area (Å²) in [5.41, 5.74) is 0.937. The molecule has 0 amide bonds. The van der Waals surface area contributed by atoms with Crippen molar-refractivity contribution >= 4 is 5.65 Å². The fraction of sp³-hybridized carbons (Fsp3) is 0.562. The summed E-state index contributed by atoms with van der Waals surface area (Å²) in [4.78, 5) is 6.85. The Kier molecular flexibility index (Phi) is 3.53. The van der Waals surface area contributed by atoms with E-state index in [9.17, 15) is 0 Å². The lowest BCUT2D eigenvalue weighted by Crippen LogP contribution is -2.52. The Morgan fingerprint density at radius 2 is 2.10 bits per heavy atom. The van der Waals surface area contributed by atoms with Gasteiger partial charge in [-0.1, -0.05) is 0 Å². The Hall–Kier alpha value is -1.59. The highest BCUT2D eigenvalue weighted by Crippen LogP contribution is 2.23. The van der Waals surface area contributed by atoms with E-state index in [1.54, 1.807) is 6.20 Å². The van der Waals surface area contributed by atoms with Crippen LogP contribution in [0.15, 0.2) is 30.7 Å². The number of ether oxygens (including phenoxy) is 2. The molecule has 112 valence electrons. The first-order chi connectivity index (χ1) is 10.4. The van der Waals surface area contributed by atoms with E-state index >= 15 is 0 Å². The zero-order chi connectivity index (χ0) is 14.1. The highest BCUT2D eigenvalue weighted by molar-refractivity contribution is 5.43. The molecule has 5 heteroatoms. The third kappa shape index (κ3) is 2.76. The fourth-order valence-electron chi connectivity index (χ4n) is 3.11. The number of likely N-dealkylation sites (tertiary alicyclic amines) is 1. The van der Waals surface area contributed by atoms with Crippen LogP contribution in [-0.2, 0) is 4.74 Å². The topological polar surface area (TPSA) is 39.0 Å². The van der Waals surface area contributed by atoms with E-state index in [2.05, 4.69) is 9.88 Å². The van der Waals surface area contributed by atoms with Crippen molar-refractivity contribution in [3.63, 3.8) is 0 Å². The number of pyridine rings is 1. The van der Waals surface area contributed by atoms with Gasteiger partial charge in [0.05, 0.1) is 25.9 Å². The van der Waals surface area contributed by atoms with Gasteiger partial charge in [0, 0.05) is 24.7 Å². The molecule has 2 saturated heterocycles. The largest absolute Gasteiger partial charge is 0.493 e. The van der Waals surface area contributed by atoms with Crippen LogP contribution in [0.4, 0.5) is 0 Å². The molecular formula is C16H21N3O2. The molecule has 0 bridgehead atoms. The minimum Gasteiger partial charge on any atom is -0.493 e. The minimum absolute atomic E-state index is 0.665. The van der Waals surface area contributed by atoms with Crippen molar-refractivity contribution in [2.24, 2.45) is 5.92 Å². The number of hydrogen-bond acceptors (Lipinski definition) is 4. The van der Waals surface area contributed by atoms with Gasteiger partial charge in [0.1, 0.15) is 11.4 Å². The number of nitrogens with zero attached hydrogens (tertiary/aromatic N) is 3. The van der Waals surface area contributed by atoms with Crippen molar-refractivity contribution in [1.82, 2.24) is 14.3 Å². The molecule has 4 heterocycles. The van der Waals surface area contributed by atoms with Crippen LogP contribution in [0.1, 0.15) is 12.8 Å². The molecule has 0 saturated carbocycles. The van der Waals surface area contributed by atoms with E-state index in [-0.39, 0.29) is 0 Å². The lowest BCUT2D eigenvalue weighted by atomic mass is 9.96. The first-order valence-corrected chi connectivity index (χ1v) is 7.76. The summed E-state index contributed by atoms with van der Waals surface area (Å²) in [5.74, 6) is 1.58. The van der Waals surface area contributed by atoms with Crippen LogP contribution < -0.4 is 4.74 Å². The van der Waals surface area contributed by atoms with Gasteiger partial charge in [-0.25, -0.2) is 4.98 Å². The van der Waals surface area contributed by atoms with E-state index in [4.69, 9.17) is 9.47 Å². The van der Waals surface area contributed by atoms with Crippen LogP contribution in [0.3, 0.4) is 0 Å². The fourth-order valence-corrected chi connectivity index (χ4v) is 3.11. The van der Waals surface area contributed by atoms with Crippen molar-refractivity contribution in [3.8, 4) is 5.75 Å². The van der Waals surface area contributed by atoms with Crippen molar-refractivity contribution in [2.75, 3.05) is 32.9 Å². The number of aromatic nitrogens is 2. The molecule has 0 aromatic carbocycles. The molecule has 2 fully saturated rings. The zero-order valence-corrected chi connectivity index (χ0v) is 12.1. The molecule has 0 aliphatic carbocycles. The van der Waals surface area contributed by atoms with Gasteiger partial charge in [-0.15, -0.1) is 0 Å². The van der Waals surface area contributed by atoms with E-state index < -0.39 is 0 Å². The van der Waals surface area contributed by atoms with Gasteiger partial charge in [-0.3, -0.25) is 4.90 Å². The molecule has 5 nitrogen and oxygen atoms in total. The molecular weight excluding hydrogens is 266 g/mol. The lowest BCUT2D eigenvalue weighted by molar-refractivity contribution is -0.0750. The van der Waals surface area contributed by atoms with Gasteiger partial charge in [-0.2, -0.15) is 0 Å². The quantitative estimate of drug-likeness (QED) is 0.860. The molecule has 0 atom stereocenters. The molecule has 2 aromatic rings. The van der Waals surface area contributed by atoms with E-state index in [0.717, 1.165) is 31.2 Å². The number of hydrogen-bond donors (Lipinski definition) is 0. The number of piperidine rings is 1. The highest BCUT2D eigenvalue weighted by atomic mass is 16.5. The van der Waals surface area contributed by atoms with Crippen molar-refractivity contribution in [3.05, 3.63) is 30.7 Å². The Balaban J connectivity index is 1.28. The zero-order valence-electron chi connectivity index (χ0n) is 12.1. The van der Waals surface area contributed by atoms with Crippen LogP contribution in [-0.4, -0.2) is 53.2 Å². The molecule has 2 aliphatic heterocycles. The highest BCUT2D eigenvalue weighted by Gasteiger charge is 2.29. The molecule has 2 aliphatic rings. The second-order valence-electron chi connectivity index (χ2n) is 6.04. The molecule has 21 heavy (non-hydrogen) atoms. The minimum atomic E-state index is 0.665. The van der Waals surface area contributed by atoms with Gasteiger partial charge in [-0.05, 0) is 37.9 Å². The maximum atomic E-state index is 5.96. The average Bonchev–Trinajstić information content (AvgIpc) is 2.92. The third-order valence-corrected chi connectivity index (χ3v) is 4.64. The molecule has 2 aromatic heterocycles. The molecule has 0 spiro atoms. The summed E-state index contributed by atoms with van der Waals surface area (Å²) in [6.07, 6.45) is 8.19. The summed E-state index contributed by atoms with van der Waals surface area (Å²) in [7, 11) is 0. The maximum Gasteiger partial charge on any atom is 0.140 e. The van der Waals surface area contributed by atoms with Crippen LogP contribution in [0.2, 0.25) is 0 Å². The Bertz CT molecular complexity index is 600. The number of fused-ring (bicyclic) bond motifs is 1. The van der Waals surface area contributed by atoms with Crippen LogP contribution >= 0.6 is 0 Å². The van der Waals surface area contributed by atoms with E-state index in [0.29, 0.717) is 12.0 Å². The summed E-state index contributed by atoms with van der Waals surface area (Å²) in [5, 5.41) is 0. The van der Waals surface area contributed by atoms with Crippen molar-refractivity contribution < 1.29 is 9.47 Å². The maximum absolute atomic E-state index is 5.96. The standard InChI is InChI=1S/C16H21N3O2/c1-5-18(14-11-20-12-14)6-2-13(1)10-21-15-3-7-19-8-4-17-16(19)9-15/h3-4,7-9,13-14H,1-2,5-6,10-12H2. The summed E-state index contributed by atoms with van der Waals surface area (Å²) >= 11 is 0. The summed E-state index contributed by atoms with van der Waals surface area (Å²) < 4.78 is 13.2. The average molecular weight is 287 g/mol. The van der Waals surface area contributed by atoms with Gasteiger partial charge in [0.2, 0.25) is 0 Å². The monoisotopic (exact) mass is 287 g/mol. The van der Waals surface area contributed by atoms with Gasteiger partial charge in [0.25, 0.3) is 0 Å². The van der Waals surface area contributed by atoms with Gasteiger partial charge in [0.15, 0.2) is 0 Å². The predicted molar refractivity (Wildman–Crippen MR) is 79.6 cm³/mol. The first-order valence-electron chi connectivity index (χ1n) is 7.76. The van der Waals surface area contributed by atoms with Crippen molar-refractivity contribution in [1.29, 1.82) is 0 Å². The second-order valence-corrected chi connectivity index (χ2v) is 6.04. The molecule has 0 unspecified atom stereocenters. The molecule has 0 N–H and O–H groups in total. The smallest absolute Gasteiger partial charge is 0.140 e. The number of rotatable bonds is 4. The van der Waals surface area contributed by atoms with E-state index in [1.165, 1.54) is 25.9 Å². The number of imidazole rings is 1. The third-order valence-electron chi connectivity index (χ3n) is 4.64. The lowest BCUT2D eigenvalue weighted by Gasteiger charge is -2.41.